The molecule has 16 heavy (non-hydrogen) atoms. The Labute approximate surface area is 97.1 Å². The van der Waals surface area contributed by atoms with Gasteiger partial charge in [-0.05, 0) is 18.9 Å². The van der Waals surface area contributed by atoms with Crippen molar-refractivity contribution in [1.29, 1.82) is 0 Å². The molecule has 1 rings (SSSR count). The standard InChI is InChI=1S/C13H21NO2/c1-3-5-11(4-2)14-9-10-6-7-12(15)8-13(10)16/h6-8,11,14-16H,3-5,9H2,1-2H3. The van der Waals surface area contributed by atoms with Gasteiger partial charge in [-0.2, -0.15) is 0 Å². The van der Waals surface area contributed by atoms with Gasteiger partial charge in [0.25, 0.3) is 0 Å². The van der Waals surface area contributed by atoms with Gasteiger partial charge in [-0.15, -0.1) is 0 Å². The molecule has 0 aliphatic carbocycles. The summed E-state index contributed by atoms with van der Waals surface area (Å²) in [5.41, 5.74) is 0.826. The second kappa shape index (κ2) is 6.38. The van der Waals surface area contributed by atoms with Crippen LogP contribution in [0.4, 0.5) is 0 Å². The highest BCUT2D eigenvalue weighted by atomic mass is 16.3. The fourth-order valence-electron chi connectivity index (χ4n) is 1.76. The van der Waals surface area contributed by atoms with Crippen LogP contribution >= 0.6 is 0 Å². The molecule has 0 aliphatic heterocycles. The van der Waals surface area contributed by atoms with Crippen molar-refractivity contribution in [3.63, 3.8) is 0 Å². The van der Waals surface area contributed by atoms with Gasteiger partial charge < -0.3 is 15.5 Å². The van der Waals surface area contributed by atoms with E-state index in [2.05, 4.69) is 19.2 Å². The van der Waals surface area contributed by atoms with E-state index in [9.17, 15) is 5.11 Å². The maximum atomic E-state index is 9.61. The molecular formula is C13H21NO2. The number of hydrogen-bond acceptors (Lipinski definition) is 3. The van der Waals surface area contributed by atoms with Gasteiger partial charge in [0, 0.05) is 24.2 Å². The SMILES string of the molecule is CCCC(CC)NCc1ccc(O)cc1O. The van der Waals surface area contributed by atoms with E-state index in [1.807, 2.05) is 0 Å². The predicted octanol–water partition coefficient (Wildman–Crippen LogP) is 2.77. The molecule has 0 aliphatic rings. The fourth-order valence-corrected chi connectivity index (χ4v) is 1.76. The highest BCUT2D eigenvalue weighted by molar-refractivity contribution is 5.38. The largest absolute Gasteiger partial charge is 0.508 e. The van der Waals surface area contributed by atoms with Gasteiger partial charge in [0.15, 0.2) is 0 Å². The average Bonchev–Trinajstić information content (AvgIpc) is 2.26. The van der Waals surface area contributed by atoms with E-state index in [4.69, 9.17) is 5.11 Å². The van der Waals surface area contributed by atoms with Crippen molar-refractivity contribution in [2.75, 3.05) is 0 Å². The first-order valence-electron chi connectivity index (χ1n) is 5.91. The Kier molecular flexibility index (Phi) is 5.12. The molecule has 1 aromatic rings. The van der Waals surface area contributed by atoms with E-state index < -0.39 is 0 Å². The van der Waals surface area contributed by atoms with E-state index >= 15 is 0 Å². The summed E-state index contributed by atoms with van der Waals surface area (Å²) >= 11 is 0. The van der Waals surface area contributed by atoms with Crippen molar-refractivity contribution >= 4 is 0 Å². The molecule has 3 N–H and O–H groups in total. The quantitative estimate of drug-likeness (QED) is 0.695. The second-order valence-corrected chi connectivity index (χ2v) is 4.09. The van der Waals surface area contributed by atoms with Crippen LogP contribution in [0.3, 0.4) is 0 Å². The number of nitrogens with one attached hydrogen (secondary N) is 1. The van der Waals surface area contributed by atoms with E-state index in [-0.39, 0.29) is 11.5 Å². The molecule has 0 bridgehead atoms. The molecule has 0 saturated carbocycles. The molecule has 0 spiro atoms. The van der Waals surface area contributed by atoms with Crippen LogP contribution in [0.1, 0.15) is 38.7 Å². The average molecular weight is 223 g/mol. The molecule has 1 atom stereocenters. The molecule has 3 heteroatoms. The summed E-state index contributed by atoms with van der Waals surface area (Å²) < 4.78 is 0. The number of hydrogen-bond donors (Lipinski definition) is 3. The van der Waals surface area contributed by atoms with Gasteiger partial charge in [-0.25, -0.2) is 0 Å². The Bertz CT molecular complexity index is 326. The molecule has 3 nitrogen and oxygen atoms in total. The molecule has 0 radical (unpaired) electrons. The predicted molar refractivity (Wildman–Crippen MR) is 65.6 cm³/mol. The van der Waals surface area contributed by atoms with Crippen LogP contribution in [-0.2, 0) is 6.54 Å². The van der Waals surface area contributed by atoms with E-state index in [0.717, 1.165) is 24.8 Å². The van der Waals surface area contributed by atoms with Crippen molar-refractivity contribution in [3.05, 3.63) is 23.8 Å². The number of phenolic OH excluding ortho intramolecular Hbond substituents is 2. The van der Waals surface area contributed by atoms with Crippen molar-refractivity contribution in [1.82, 2.24) is 5.32 Å². The lowest BCUT2D eigenvalue weighted by Crippen LogP contribution is -2.27. The van der Waals surface area contributed by atoms with E-state index in [0.29, 0.717) is 12.6 Å². The maximum absolute atomic E-state index is 9.61. The Morgan fingerprint density at radius 2 is 2.00 bits per heavy atom. The monoisotopic (exact) mass is 223 g/mol. The first-order valence-corrected chi connectivity index (χ1v) is 5.91. The van der Waals surface area contributed by atoms with Gasteiger partial charge in [-0.1, -0.05) is 26.3 Å². The topological polar surface area (TPSA) is 52.5 Å². The molecule has 0 aromatic heterocycles. The van der Waals surface area contributed by atoms with Crippen LogP contribution in [0.25, 0.3) is 0 Å². The third-order valence-corrected chi connectivity index (χ3v) is 2.78. The Morgan fingerprint density at radius 3 is 2.56 bits per heavy atom. The Balaban J connectivity index is 2.53. The lowest BCUT2D eigenvalue weighted by Gasteiger charge is -2.16. The van der Waals surface area contributed by atoms with Crippen LogP contribution < -0.4 is 5.32 Å². The Morgan fingerprint density at radius 1 is 1.25 bits per heavy atom. The molecule has 0 amide bonds. The summed E-state index contributed by atoms with van der Waals surface area (Å²) in [6, 6.07) is 5.21. The van der Waals surface area contributed by atoms with Gasteiger partial charge in [0.05, 0.1) is 0 Å². The van der Waals surface area contributed by atoms with Crippen molar-refractivity contribution < 1.29 is 10.2 Å². The molecule has 1 aromatic carbocycles. The molecule has 90 valence electrons. The molecule has 0 saturated heterocycles. The zero-order chi connectivity index (χ0) is 12.0. The highest BCUT2D eigenvalue weighted by Crippen LogP contribution is 2.22. The van der Waals surface area contributed by atoms with Crippen LogP contribution in [0.15, 0.2) is 18.2 Å². The molecule has 0 heterocycles. The normalized spacial score (nSPS) is 12.6. The van der Waals surface area contributed by atoms with Gasteiger partial charge >= 0.3 is 0 Å². The highest BCUT2D eigenvalue weighted by Gasteiger charge is 2.06. The minimum absolute atomic E-state index is 0.0989. The zero-order valence-corrected chi connectivity index (χ0v) is 10.0. The summed E-state index contributed by atoms with van der Waals surface area (Å²) in [6.45, 7) is 4.97. The second-order valence-electron chi connectivity index (χ2n) is 4.09. The molecule has 1 unspecified atom stereocenters. The number of aromatic hydroxyl groups is 2. The summed E-state index contributed by atoms with van der Waals surface area (Å²) in [5, 5.41) is 22.2. The van der Waals surface area contributed by atoms with Crippen LogP contribution in [0, 0.1) is 0 Å². The van der Waals surface area contributed by atoms with Gasteiger partial charge in [0.1, 0.15) is 11.5 Å². The lowest BCUT2D eigenvalue weighted by molar-refractivity contribution is 0.430. The smallest absolute Gasteiger partial charge is 0.123 e. The minimum Gasteiger partial charge on any atom is -0.508 e. The van der Waals surface area contributed by atoms with Gasteiger partial charge in [-0.3, -0.25) is 0 Å². The summed E-state index contributed by atoms with van der Waals surface area (Å²) in [7, 11) is 0. The van der Waals surface area contributed by atoms with Gasteiger partial charge in [0.2, 0.25) is 0 Å². The third kappa shape index (κ3) is 3.74. The number of rotatable bonds is 6. The minimum atomic E-state index is 0.0989. The van der Waals surface area contributed by atoms with E-state index in [1.54, 1.807) is 12.1 Å². The number of phenols is 2. The maximum Gasteiger partial charge on any atom is 0.123 e. The summed E-state index contributed by atoms with van der Waals surface area (Å²) in [4.78, 5) is 0. The van der Waals surface area contributed by atoms with Crippen molar-refractivity contribution in [2.24, 2.45) is 0 Å². The summed E-state index contributed by atoms with van der Waals surface area (Å²) in [6.07, 6.45) is 3.40. The van der Waals surface area contributed by atoms with Crippen LogP contribution in [0.5, 0.6) is 11.5 Å². The van der Waals surface area contributed by atoms with Crippen LogP contribution in [0.2, 0.25) is 0 Å². The first kappa shape index (κ1) is 12.8. The summed E-state index contributed by atoms with van der Waals surface area (Å²) in [5.74, 6) is 0.251. The fraction of sp³-hybridized carbons (Fsp3) is 0.538. The Hall–Kier alpha value is -1.22. The lowest BCUT2D eigenvalue weighted by atomic mass is 10.1. The third-order valence-electron chi connectivity index (χ3n) is 2.78. The molecule has 0 fully saturated rings. The van der Waals surface area contributed by atoms with E-state index in [1.165, 1.54) is 6.07 Å². The van der Waals surface area contributed by atoms with Crippen molar-refractivity contribution in [3.8, 4) is 11.5 Å². The van der Waals surface area contributed by atoms with Crippen LogP contribution in [-0.4, -0.2) is 16.3 Å². The first-order chi connectivity index (χ1) is 7.67. The van der Waals surface area contributed by atoms with Crippen molar-refractivity contribution in [2.45, 2.75) is 45.7 Å². The number of benzene rings is 1. The zero-order valence-electron chi connectivity index (χ0n) is 10.0. The molecular weight excluding hydrogens is 202 g/mol.